The van der Waals surface area contributed by atoms with Crippen LogP contribution in [-0.4, -0.2) is 111 Å². The van der Waals surface area contributed by atoms with E-state index in [1.54, 1.807) is 41.5 Å². The van der Waals surface area contributed by atoms with Gasteiger partial charge in [0.15, 0.2) is 6.10 Å². The fourth-order valence-corrected chi connectivity index (χ4v) is 5.21. The molecule has 308 valence electrons. The van der Waals surface area contributed by atoms with Crippen LogP contribution in [0.2, 0.25) is 0 Å². The highest BCUT2D eigenvalue weighted by molar-refractivity contribution is 5.99. The maximum absolute atomic E-state index is 13.9. The number of aliphatic hydroxyl groups excluding tert-OH is 3. The summed E-state index contributed by atoms with van der Waals surface area (Å²) in [6.07, 6.45) is -9.23. The number of carbonyl (C=O) groups excluding carboxylic acids is 6. The van der Waals surface area contributed by atoms with Gasteiger partial charge in [0, 0.05) is 25.3 Å². The number of ketones is 1. The van der Waals surface area contributed by atoms with E-state index in [1.807, 2.05) is 0 Å². The van der Waals surface area contributed by atoms with Crippen molar-refractivity contribution in [3.63, 3.8) is 0 Å². The number of esters is 1. The van der Waals surface area contributed by atoms with Crippen molar-refractivity contribution < 1.29 is 68.2 Å². The molecule has 0 unspecified atom stereocenters. The zero-order valence-corrected chi connectivity index (χ0v) is 31.9. The second kappa shape index (κ2) is 21.9. The number of carboxylic acid groups (broad SMARTS) is 1. The Labute approximate surface area is 319 Å². The molecule has 2 rings (SSSR count). The monoisotopic (exact) mass is 781 g/mol. The lowest BCUT2D eigenvalue weighted by Gasteiger charge is -2.38. The molecule has 0 bridgehead atoms. The number of amides is 5. The molecule has 1 aliphatic rings. The lowest BCUT2D eigenvalue weighted by molar-refractivity contribution is -0.271. The molecular weight excluding hydrogens is 726 g/mol. The third-order valence-electron chi connectivity index (χ3n) is 8.55. The van der Waals surface area contributed by atoms with Gasteiger partial charge in [-0.05, 0) is 42.9 Å². The SMILES string of the molecule is CC(C)C(=O)CCCC(=O)N[C@H](C(=O)N[C@@H](CCCNC(N)=O)C(=O)Nc1ccc(COC(=O)C(C)C)cc1O[C@@H]1O[C@H](C(=O)O)[C@@H](O)[C@H](O)[C@H]1O)C(C)C. The van der Waals surface area contributed by atoms with Crippen LogP contribution in [0.4, 0.5) is 10.5 Å². The summed E-state index contributed by atoms with van der Waals surface area (Å²) >= 11 is 0. The molecule has 55 heavy (non-hydrogen) atoms. The molecule has 1 aliphatic heterocycles. The number of rotatable bonds is 21. The zero-order chi connectivity index (χ0) is 41.6. The fourth-order valence-electron chi connectivity index (χ4n) is 5.21. The lowest BCUT2D eigenvalue weighted by Crippen LogP contribution is -2.61. The molecule has 0 radical (unpaired) electrons. The molecule has 1 heterocycles. The van der Waals surface area contributed by atoms with Crippen molar-refractivity contribution in [2.45, 2.75) is 123 Å². The van der Waals surface area contributed by atoms with E-state index in [0.29, 0.717) is 5.56 Å². The third kappa shape index (κ3) is 14.7. The minimum absolute atomic E-state index is 0.00426. The number of aliphatic carboxylic acids is 1. The summed E-state index contributed by atoms with van der Waals surface area (Å²) in [6, 6.07) is 0.946. The molecule has 10 N–H and O–H groups in total. The molecule has 1 aromatic rings. The first kappa shape index (κ1) is 46.3. The number of benzene rings is 1. The largest absolute Gasteiger partial charge is 0.479 e. The number of nitrogens with two attached hydrogens (primary N) is 1. The molecule has 19 nitrogen and oxygen atoms in total. The molecule has 5 amide bonds. The average Bonchev–Trinajstić information content (AvgIpc) is 3.10. The van der Waals surface area contributed by atoms with Crippen LogP contribution in [-0.2, 0) is 44.8 Å². The minimum atomic E-state index is -2.00. The van der Waals surface area contributed by atoms with Crippen LogP contribution in [0.3, 0.4) is 0 Å². The van der Waals surface area contributed by atoms with E-state index in [-0.39, 0.29) is 68.4 Å². The van der Waals surface area contributed by atoms with Gasteiger partial charge >= 0.3 is 18.0 Å². The first-order valence-electron chi connectivity index (χ1n) is 18.1. The number of hydrogen-bond acceptors (Lipinski definition) is 13. The summed E-state index contributed by atoms with van der Waals surface area (Å²) in [4.78, 5) is 87.2. The molecule has 1 aromatic carbocycles. The number of urea groups is 1. The zero-order valence-electron chi connectivity index (χ0n) is 31.9. The van der Waals surface area contributed by atoms with Gasteiger partial charge in [0.2, 0.25) is 24.0 Å². The summed E-state index contributed by atoms with van der Waals surface area (Å²) in [5, 5.41) is 50.9. The maximum atomic E-state index is 13.9. The molecule has 1 saturated heterocycles. The predicted molar refractivity (Wildman–Crippen MR) is 194 cm³/mol. The van der Waals surface area contributed by atoms with Crippen LogP contribution in [0.5, 0.6) is 5.75 Å². The fraction of sp³-hybridized carbons (Fsp3) is 0.639. The van der Waals surface area contributed by atoms with Gasteiger partial charge < -0.3 is 61.6 Å². The van der Waals surface area contributed by atoms with E-state index >= 15 is 0 Å². The van der Waals surface area contributed by atoms with Gasteiger partial charge in [0.1, 0.15) is 48.5 Å². The highest BCUT2D eigenvalue weighted by atomic mass is 16.7. The standard InChI is InChI=1S/C36H55N5O14/c1-17(2)23(42)10-7-11-25(43)41-26(18(3)4)32(48)40-22(9-8-14-38-36(37)52)31(47)39-21-13-12-20(16-53-34(51)19(5)6)15-24(21)54-35-29(46)27(44)28(45)30(55-35)33(49)50/h12-13,15,17-19,22,26-30,35,44-46H,7-11,14,16H2,1-6H3,(H,39,47)(H,40,48)(H,41,43)(H,49,50)(H3,37,38,52)/t22-,26-,27-,28-,29+,30-,35+/m0/s1. The van der Waals surface area contributed by atoms with Crippen molar-refractivity contribution in [1.82, 2.24) is 16.0 Å². The third-order valence-corrected chi connectivity index (χ3v) is 8.55. The Morgan fingerprint density at radius 1 is 0.855 bits per heavy atom. The lowest BCUT2D eigenvalue weighted by atomic mass is 9.99. The summed E-state index contributed by atoms with van der Waals surface area (Å²) < 4.78 is 16.3. The number of anilines is 1. The molecule has 7 atom stereocenters. The Balaban J connectivity index is 2.39. The molecule has 0 aliphatic carbocycles. The number of ether oxygens (including phenoxy) is 3. The van der Waals surface area contributed by atoms with Gasteiger partial charge in [-0.2, -0.15) is 0 Å². The number of nitrogens with one attached hydrogen (secondary N) is 4. The summed E-state index contributed by atoms with van der Waals surface area (Å²) in [7, 11) is 0. The molecule has 19 heteroatoms. The van der Waals surface area contributed by atoms with Crippen LogP contribution >= 0.6 is 0 Å². The van der Waals surface area contributed by atoms with E-state index in [9.17, 15) is 54.0 Å². The van der Waals surface area contributed by atoms with E-state index in [2.05, 4.69) is 21.3 Å². The van der Waals surface area contributed by atoms with Crippen molar-refractivity contribution >= 4 is 47.2 Å². The smallest absolute Gasteiger partial charge is 0.335 e. The van der Waals surface area contributed by atoms with E-state index < -0.39 is 90.3 Å². The van der Waals surface area contributed by atoms with Crippen LogP contribution < -0.4 is 31.7 Å². The van der Waals surface area contributed by atoms with Gasteiger partial charge in [0.25, 0.3) is 0 Å². The normalized spacial score (nSPS) is 20.6. The van der Waals surface area contributed by atoms with E-state index in [4.69, 9.17) is 19.9 Å². The number of aliphatic hydroxyl groups is 3. The highest BCUT2D eigenvalue weighted by Gasteiger charge is 2.48. The Kier molecular flexibility index (Phi) is 18.4. The van der Waals surface area contributed by atoms with Gasteiger partial charge in [-0.25, -0.2) is 9.59 Å². The highest BCUT2D eigenvalue weighted by Crippen LogP contribution is 2.31. The molecule has 0 saturated carbocycles. The number of carboxylic acids is 1. The maximum Gasteiger partial charge on any atom is 0.335 e. The van der Waals surface area contributed by atoms with Crippen LogP contribution in [0.15, 0.2) is 18.2 Å². The summed E-state index contributed by atoms with van der Waals surface area (Å²) in [5.74, 6) is -5.43. The Morgan fingerprint density at radius 3 is 2.11 bits per heavy atom. The van der Waals surface area contributed by atoms with Crippen molar-refractivity contribution in [2.24, 2.45) is 23.5 Å². The molecule has 0 aromatic heterocycles. The molecule has 0 spiro atoms. The van der Waals surface area contributed by atoms with Gasteiger partial charge in [0.05, 0.1) is 11.6 Å². The number of primary amides is 1. The Hall–Kier alpha value is -4.85. The summed E-state index contributed by atoms with van der Waals surface area (Å²) in [5.41, 5.74) is 5.39. The van der Waals surface area contributed by atoms with Crippen LogP contribution in [0.25, 0.3) is 0 Å². The van der Waals surface area contributed by atoms with E-state index in [0.717, 1.165) is 0 Å². The first-order valence-corrected chi connectivity index (χ1v) is 18.1. The minimum Gasteiger partial charge on any atom is -0.479 e. The summed E-state index contributed by atoms with van der Waals surface area (Å²) in [6.45, 7) is 9.95. The first-order chi connectivity index (χ1) is 25.7. The molecule has 1 fully saturated rings. The number of Topliss-reactive ketones (excluding diaryl/α,β-unsaturated/α-hetero) is 1. The van der Waals surface area contributed by atoms with E-state index in [1.165, 1.54) is 18.2 Å². The van der Waals surface area contributed by atoms with Crippen molar-refractivity contribution in [3.8, 4) is 5.75 Å². The Morgan fingerprint density at radius 2 is 1.53 bits per heavy atom. The van der Waals surface area contributed by atoms with Crippen molar-refractivity contribution in [3.05, 3.63) is 23.8 Å². The average molecular weight is 782 g/mol. The second-order valence-corrected chi connectivity index (χ2v) is 14.2. The molecular formula is C36H55N5O14. The quantitative estimate of drug-likeness (QED) is 0.0589. The second-order valence-electron chi connectivity index (χ2n) is 14.2. The van der Waals surface area contributed by atoms with Crippen molar-refractivity contribution in [1.29, 1.82) is 0 Å². The number of hydrogen-bond donors (Lipinski definition) is 9. The Bertz CT molecular complexity index is 1520. The van der Waals surface area contributed by atoms with Crippen molar-refractivity contribution in [2.75, 3.05) is 11.9 Å². The van der Waals surface area contributed by atoms with Gasteiger partial charge in [-0.3, -0.25) is 24.0 Å². The van der Waals surface area contributed by atoms with Crippen LogP contribution in [0.1, 0.15) is 79.2 Å². The van der Waals surface area contributed by atoms with Gasteiger partial charge in [-0.1, -0.05) is 47.6 Å². The number of carbonyl (C=O) groups is 7. The van der Waals surface area contributed by atoms with Crippen LogP contribution in [0, 0.1) is 17.8 Å². The topological polar surface area (TPSA) is 302 Å². The van der Waals surface area contributed by atoms with Gasteiger partial charge in [-0.15, -0.1) is 0 Å². The predicted octanol–water partition coefficient (Wildman–Crippen LogP) is 0.0648.